The lowest BCUT2D eigenvalue weighted by Gasteiger charge is -2.04. The molecular weight excluding hydrogens is 336 g/mol. The second-order valence-corrected chi connectivity index (χ2v) is 6.58. The Balaban J connectivity index is 1.92. The summed E-state index contributed by atoms with van der Waals surface area (Å²) >= 11 is 0. The molecule has 0 spiro atoms. The Bertz CT molecular complexity index is 1020. The van der Waals surface area contributed by atoms with Crippen molar-refractivity contribution in [2.45, 2.75) is 33.1 Å². The van der Waals surface area contributed by atoms with Gasteiger partial charge in [-0.25, -0.2) is 4.98 Å². The maximum Gasteiger partial charge on any atom is 0.192 e. The maximum absolute atomic E-state index is 5.99. The van der Waals surface area contributed by atoms with Crippen LogP contribution in [0.3, 0.4) is 0 Å². The van der Waals surface area contributed by atoms with E-state index in [1.165, 1.54) is 0 Å². The van der Waals surface area contributed by atoms with Crippen molar-refractivity contribution in [1.29, 1.82) is 0 Å². The van der Waals surface area contributed by atoms with E-state index in [2.05, 4.69) is 12.1 Å². The molecule has 0 aliphatic heterocycles. The van der Waals surface area contributed by atoms with E-state index in [9.17, 15) is 0 Å². The van der Waals surface area contributed by atoms with Crippen LogP contribution < -0.4 is 0 Å². The molecule has 2 heterocycles. The average molecular weight is 358 g/mol. The van der Waals surface area contributed by atoms with Crippen molar-refractivity contribution >= 4 is 0 Å². The van der Waals surface area contributed by atoms with Gasteiger partial charge in [0.25, 0.3) is 0 Å². The van der Waals surface area contributed by atoms with Crippen molar-refractivity contribution < 1.29 is 8.94 Å². The summed E-state index contributed by atoms with van der Waals surface area (Å²) < 4.78 is 11.8. The third-order valence-corrected chi connectivity index (χ3v) is 4.57. The third-order valence-electron chi connectivity index (χ3n) is 4.57. The Hall–Kier alpha value is -3.14. The quantitative estimate of drug-likeness (QED) is 0.405. The van der Waals surface area contributed by atoms with Crippen LogP contribution in [-0.4, -0.2) is 10.1 Å². The van der Waals surface area contributed by atoms with Crippen LogP contribution >= 0.6 is 0 Å². The molecule has 4 rings (SSSR count). The van der Waals surface area contributed by atoms with E-state index in [0.717, 1.165) is 58.9 Å². The minimum atomic E-state index is 0.630. The molecule has 0 atom stereocenters. The first-order valence-corrected chi connectivity index (χ1v) is 9.35. The Morgan fingerprint density at radius 1 is 0.852 bits per heavy atom. The minimum Gasteiger partial charge on any atom is -0.440 e. The van der Waals surface area contributed by atoms with Crippen LogP contribution in [0.1, 0.15) is 31.4 Å². The highest BCUT2D eigenvalue weighted by Gasteiger charge is 2.26. The van der Waals surface area contributed by atoms with E-state index in [4.69, 9.17) is 13.9 Å². The fourth-order valence-electron chi connectivity index (χ4n) is 3.25. The van der Waals surface area contributed by atoms with E-state index in [1.54, 1.807) is 0 Å². The molecule has 0 fully saturated rings. The molecule has 4 aromatic rings. The number of aromatic nitrogens is 2. The summed E-state index contributed by atoms with van der Waals surface area (Å²) in [5.74, 6) is 2.13. The molecule has 0 unspecified atom stereocenters. The van der Waals surface area contributed by atoms with Gasteiger partial charge in [-0.15, -0.1) is 0 Å². The maximum atomic E-state index is 5.99. The Labute approximate surface area is 158 Å². The number of unbranched alkanes of at least 4 members (excludes halogenated alkanes) is 1. The fourth-order valence-corrected chi connectivity index (χ4v) is 3.25. The number of oxazole rings is 1. The van der Waals surface area contributed by atoms with Gasteiger partial charge in [-0.1, -0.05) is 79.2 Å². The van der Waals surface area contributed by atoms with Crippen LogP contribution in [0.5, 0.6) is 0 Å². The van der Waals surface area contributed by atoms with Crippen molar-refractivity contribution in [2.75, 3.05) is 0 Å². The lowest BCUT2D eigenvalue weighted by Crippen LogP contribution is -1.92. The van der Waals surface area contributed by atoms with E-state index >= 15 is 0 Å². The summed E-state index contributed by atoms with van der Waals surface area (Å²) in [7, 11) is 0. The van der Waals surface area contributed by atoms with Crippen molar-refractivity contribution in [3.05, 3.63) is 72.2 Å². The normalized spacial score (nSPS) is 11.0. The third kappa shape index (κ3) is 3.43. The van der Waals surface area contributed by atoms with Gasteiger partial charge < -0.3 is 8.94 Å². The van der Waals surface area contributed by atoms with Crippen LogP contribution in [-0.2, 0) is 6.42 Å². The summed E-state index contributed by atoms with van der Waals surface area (Å²) in [5, 5.41) is 4.39. The lowest BCUT2D eigenvalue weighted by atomic mass is 9.98. The molecular formula is C23H22N2O2. The number of nitrogens with zero attached hydrogens (tertiary/aromatic N) is 2. The SMILES string of the molecule is CCCCc1noc(-c2ccccc2)c1-c1nc(C)oc1-c1ccccc1. The van der Waals surface area contributed by atoms with Gasteiger partial charge in [0.1, 0.15) is 5.69 Å². The van der Waals surface area contributed by atoms with Crippen LogP contribution in [0.15, 0.2) is 69.6 Å². The van der Waals surface area contributed by atoms with Crippen LogP contribution in [0, 0.1) is 6.92 Å². The highest BCUT2D eigenvalue weighted by atomic mass is 16.5. The number of hydrogen-bond donors (Lipinski definition) is 0. The van der Waals surface area contributed by atoms with Gasteiger partial charge in [-0.3, -0.25) is 0 Å². The Kier molecular flexibility index (Phi) is 4.88. The van der Waals surface area contributed by atoms with Gasteiger partial charge in [0, 0.05) is 18.1 Å². The van der Waals surface area contributed by atoms with Gasteiger partial charge in [-0.05, 0) is 12.8 Å². The zero-order valence-electron chi connectivity index (χ0n) is 15.6. The molecule has 2 aromatic heterocycles. The average Bonchev–Trinajstić information content (AvgIpc) is 3.30. The van der Waals surface area contributed by atoms with E-state index in [0.29, 0.717) is 5.89 Å². The Morgan fingerprint density at radius 3 is 2.11 bits per heavy atom. The van der Waals surface area contributed by atoms with Crippen molar-refractivity contribution in [3.8, 4) is 33.9 Å². The van der Waals surface area contributed by atoms with Crippen molar-refractivity contribution in [1.82, 2.24) is 10.1 Å². The molecule has 0 amide bonds. The largest absolute Gasteiger partial charge is 0.440 e. The van der Waals surface area contributed by atoms with Gasteiger partial charge in [0.15, 0.2) is 17.4 Å². The van der Waals surface area contributed by atoms with Gasteiger partial charge in [-0.2, -0.15) is 0 Å². The molecule has 0 N–H and O–H groups in total. The topological polar surface area (TPSA) is 52.1 Å². The molecule has 4 nitrogen and oxygen atoms in total. The fraction of sp³-hybridized carbons (Fsp3) is 0.217. The number of aryl methyl sites for hydroxylation is 2. The highest BCUT2D eigenvalue weighted by Crippen LogP contribution is 2.40. The smallest absolute Gasteiger partial charge is 0.192 e. The van der Waals surface area contributed by atoms with E-state index in [1.807, 2.05) is 67.6 Å². The molecule has 0 saturated heterocycles. The predicted octanol–water partition coefficient (Wildman–Crippen LogP) is 6.31. The number of rotatable bonds is 6. The van der Waals surface area contributed by atoms with Crippen molar-refractivity contribution in [2.24, 2.45) is 0 Å². The molecule has 0 aliphatic carbocycles. The molecule has 0 radical (unpaired) electrons. The van der Waals surface area contributed by atoms with E-state index < -0.39 is 0 Å². The van der Waals surface area contributed by atoms with E-state index in [-0.39, 0.29) is 0 Å². The number of benzene rings is 2. The molecule has 27 heavy (non-hydrogen) atoms. The second kappa shape index (κ2) is 7.62. The highest BCUT2D eigenvalue weighted by molar-refractivity contribution is 5.86. The summed E-state index contributed by atoms with van der Waals surface area (Å²) in [6, 6.07) is 20.1. The minimum absolute atomic E-state index is 0.630. The molecule has 2 aromatic carbocycles. The first-order chi connectivity index (χ1) is 13.3. The second-order valence-electron chi connectivity index (χ2n) is 6.58. The molecule has 4 heteroatoms. The molecule has 0 saturated carbocycles. The summed E-state index contributed by atoms with van der Waals surface area (Å²) in [6.45, 7) is 4.05. The lowest BCUT2D eigenvalue weighted by molar-refractivity contribution is 0.422. The zero-order chi connectivity index (χ0) is 18.6. The standard InChI is InChI=1S/C23H22N2O2/c1-3-4-15-19-20(22(27-25-19)17-11-7-5-8-12-17)21-23(26-16(2)24-21)18-13-9-6-10-14-18/h5-14H,3-4,15H2,1-2H3. The zero-order valence-corrected chi connectivity index (χ0v) is 15.6. The van der Waals surface area contributed by atoms with Crippen LogP contribution in [0.2, 0.25) is 0 Å². The first-order valence-electron chi connectivity index (χ1n) is 9.35. The summed E-state index contributed by atoms with van der Waals surface area (Å²) in [6.07, 6.45) is 2.99. The summed E-state index contributed by atoms with van der Waals surface area (Å²) in [5.41, 5.74) is 4.65. The molecule has 0 bridgehead atoms. The number of hydrogen-bond acceptors (Lipinski definition) is 4. The molecule has 136 valence electrons. The van der Waals surface area contributed by atoms with Gasteiger partial charge in [0.2, 0.25) is 0 Å². The molecule has 0 aliphatic rings. The van der Waals surface area contributed by atoms with Gasteiger partial charge in [0.05, 0.1) is 11.3 Å². The van der Waals surface area contributed by atoms with Crippen LogP contribution in [0.25, 0.3) is 33.9 Å². The van der Waals surface area contributed by atoms with Gasteiger partial charge >= 0.3 is 0 Å². The summed E-state index contributed by atoms with van der Waals surface area (Å²) in [4.78, 5) is 4.72. The van der Waals surface area contributed by atoms with Crippen LogP contribution in [0.4, 0.5) is 0 Å². The Morgan fingerprint density at radius 2 is 1.48 bits per heavy atom. The van der Waals surface area contributed by atoms with Crippen molar-refractivity contribution in [3.63, 3.8) is 0 Å². The first kappa shape index (κ1) is 17.3. The predicted molar refractivity (Wildman–Crippen MR) is 106 cm³/mol. The monoisotopic (exact) mass is 358 g/mol.